The lowest BCUT2D eigenvalue weighted by atomic mass is 10.2. The third-order valence-corrected chi connectivity index (χ3v) is 4.48. The number of halogens is 1. The molecule has 0 radical (unpaired) electrons. The van der Waals surface area contributed by atoms with Crippen molar-refractivity contribution >= 4 is 41.5 Å². The SMILES string of the molecule is Cc1cccc(N2CCN(C(=NCC(=O)N(C)C)NCC(C)C)CC2)c1.I. The molecule has 1 aromatic rings. The molecule has 0 spiro atoms. The van der Waals surface area contributed by atoms with Gasteiger partial charge in [-0.1, -0.05) is 26.0 Å². The molecule has 7 heteroatoms. The molecule has 0 atom stereocenters. The van der Waals surface area contributed by atoms with Crippen LogP contribution in [0.5, 0.6) is 0 Å². The average molecular weight is 487 g/mol. The third kappa shape index (κ3) is 7.56. The predicted octanol–water partition coefficient (Wildman–Crippen LogP) is 2.42. The minimum Gasteiger partial charge on any atom is -0.368 e. The first kappa shape index (κ1) is 23.5. The molecule has 0 aliphatic carbocycles. The molecule has 0 saturated carbocycles. The third-order valence-electron chi connectivity index (χ3n) is 4.48. The van der Waals surface area contributed by atoms with Gasteiger partial charge in [0.15, 0.2) is 5.96 Å². The van der Waals surface area contributed by atoms with E-state index >= 15 is 0 Å². The summed E-state index contributed by atoms with van der Waals surface area (Å²) in [5, 5.41) is 3.43. The number of carbonyl (C=O) groups excluding carboxylic acids is 1. The minimum absolute atomic E-state index is 0. The van der Waals surface area contributed by atoms with Crippen LogP contribution in [0, 0.1) is 12.8 Å². The van der Waals surface area contributed by atoms with E-state index in [9.17, 15) is 4.79 Å². The molecule has 0 unspecified atom stereocenters. The van der Waals surface area contributed by atoms with Gasteiger partial charge < -0.3 is 20.0 Å². The van der Waals surface area contributed by atoms with Crippen molar-refractivity contribution in [2.24, 2.45) is 10.9 Å². The van der Waals surface area contributed by atoms with E-state index in [2.05, 4.69) is 65.1 Å². The van der Waals surface area contributed by atoms with E-state index in [1.165, 1.54) is 11.3 Å². The molecule has 1 heterocycles. The van der Waals surface area contributed by atoms with Gasteiger partial charge >= 0.3 is 0 Å². The number of rotatable bonds is 5. The van der Waals surface area contributed by atoms with Crippen LogP contribution in [0.25, 0.3) is 0 Å². The van der Waals surface area contributed by atoms with E-state index in [4.69, 9.17) is 0 Å². The molecule has 152 valence electrons. The number of guanidine groups is 1. The van der Waals surface area contributed by atoms with Gasteiger partial charge in [0, 0.05) is 52.5 Å². The fourth-order valence-electron chi connectivity index (χ4n) is 2.85. The van der Waals surface area contributed by atoms with Gasteiger partial charge in [0.2, 0.25) is 5.91 Å². The lowest BCUT2D eigenvalue weighted by Crippen LogP contribution is -2.53. The molecule has 0 bridgehead atoms. The van der Waals surface area contributed by atoms with Gasteiger partial charge in [-0.15, -0.1) is 24.0 Å². The Bertz CT molecular complexity index is 625. The maximum atomic E-state index is 11.9. The zero-order chi connectivity index (χ0) is 19.1. The van der Waals surface area contributed by atoms with Crippen molar-refractivity contribution in [2.45, 2.75) is 20.8 Å². The van der Waals surface area contributed by atoms with Crippen molar-refractivity contribution in [3.63, 3.8) is 0 Å². The Kier molecular flexibility index (Phi) is 9.90. The zero-order valence-corrected chi connectivity index (χ0v) is 19.6. The molecule has 0 aromatic heterocycles. The molecule has 1 aliphatic rings. The highest BCUT2D eigenvalue weighted by atomic mass is 127. The van der Waals surface area contributed by atoms with Crippen LogP contribution in [0.4, 0.5) is 5.69 Å². The zero-order valence-electron chi connectivity index (χ0n) is 17.2. The maximum Gasteiger partial charge on any atom is 0.243 e. The van der Waals surface area contributed by atoms with Crippen LogP contribution in [0.1, 0.15) is 19.4 Å². The van der Waals surface area contributed by atoms with Gasteiger partial charge in [0.05, 0.1) is 0 Å². The summed E-state index contributed by atoms with van der Waals surface area (Å²) in [6, 6.07) is 8.64. The Morgan fingerprint density at radius 2 is 1.89 bits per heavy atom. The highest BCUT2D eigenvalue weighted by Gasteiger charge is 2.20. The fourth-order valence-corrected chi connectivity index (χ4v) is 2.85. The number of aryl methyl sites for hydroxylation is 1. The number of hydrogen-bond donors (Lipinski definition) is 1. The van der Waals surface area contributed by atoms with E-state index in [1.54, 1.807) is 19.0 Å². The number of carbonyl (C=O) groups is 1. The van der Waals surface area contributed by atoms with Crippen molar-refractivity contribution in [3.8, 4) is 0 Å². The Labute approximate surface area is 181 Å². The summed E-state index contributed by atoms with van der Waals surface area (Å²) in [6.45, 7) is 11.2. The second-order valence-electron chi connectivity index (χ2n) is 7.52. The van der Waals surface area contributed by atoms with Crippen LogP contribution in [0.15, 0.2) is 29.3 Å². The lowest BCUT2D eigenvalue weighted by molar-refractivity contribution is -0.127. The Morgan fingerprint density at radius 3 is 2.44 bits per heavy atom. The van der Waals surface area contributed by atoms with Crippen molar-refractivity contribution in [2.75, 3.05) is 58.3 Å². The van der Waals surface area contributed by atoms with Gasteiger partial charge in [-0.3, -0.25) is 4.79 Å². The first-order valence-corrected chi connectivity index (χ1v) is 9.42. The highest BCUT2D eigenvalue weighted by molar-refractivity contribution is 14.0. The van der Waals surface area contributed by atoms with Crippen molar-refractivity contribution in [3.05, 3.63) is 29.8 Å². The lowest BCUT2D eigenvalue weighted by Gasteiger charge is -2.38. The summed E-state index contributed by atoms with van der Waals surface area (Å²) in [4.78, 5) is 22.7. The van der Waals surface area contributed by atoms with Crippen LogP contribution < -0.4 is 10.2 Å². The number of amides is 1. The fraction of sp³-hybridized carbons (Fsp3) is 0.600. The molecule has 1 N–H and O–H groups in total. The number of piperazine rings is 1. The standard InChI is InChI=1S/C20H33N5O.HI/c1-16(2)14-21-20(22-15-19(26)23(4)5)25-11-9-24(10-12-25)18-8-6-7-17(3)13-18;/h6-8,13,16H,9-12,14-15H2,1-5H3,(H,21,22);1H. The molecular formula is C20H34IN5O. The van der Waals surface area contributed by atoms with E-state index in [-0.39, 0.29) is 36.4 Å². The van der Waals surface area contributed by atoms with E-state index < -0.39 is 0 Å². The first-order chi connectivity index (χ1) is 12.4. The molecule has 27 heavy (non-hydrogen) atoms. The van der Waals surface area contributed by atoms with Crippen molar-refractivity contribution in [1.82, 2.24) is 15.1 Å². The number of nitrogens with zero attached hydrogens (tertiary/aromatic N) is 4. The molecule has 2 rings (SSSR count). The molecule has 1 saturated heterocycles. The van der Waals surface area contributed by atoms with E-state index in [0.717, 1.165) is 38.7 Å². The van der Waals surface area contributed by atoms with Crippen LogP contribution in [-0.4, -0.2) is 75.0 Å². The smallest absolute Gasteiger partial charge is 0.243 e. The number of likely N-dealkylation sites (N-methyl/N-ethyl adjacent to an activating group) is 1. The monoisotopic (exact) mass is 487 g/mol. The van der Waals surface area contributed by atoms with Gasteiger partial charge in [-0.05, 0) is 30.5 Å². The van der Waals surface area contributed by atoms with Crippen LogP contribution in [0.3, 0.4) is 0 Å². The van der Waals surface area contributed by atoms with E-state index in [0.29, 0.717) is 5.92 Å². The molecule has 1 fully saturated rings. The Hall–Kier alpha value is -1.51. The Balaban J connectivity index is 0.00000364. The second-order valence-corrected chi connectivity index (χ2v) is 7.52. The van der Waals surface area contributed by atoms with Crippen LogP contribution in [-0.2, 0) is 4.79 Å². The number of hydrogen-bond acceptors (Lipinski definition) is 3. The number of aliphatic imine (C=N–C) groups is 1. The van der Waals surface area contributed by atoms with Crippen molar-refractivity contribution < 1.29 is 4.79 Å². The average Bonchev–Trinajstić information content (AvgIpc) is 2.61. The van der Waals surface area contributed by atoms with Gasteiger partial charge in [-0.2, -0.15) is 0 Å². The molecular weight excluding hydrogens is 453 g/mol. The highest BCUT2D eigenvalue weighted by Crippen LogP contribution is 2.17. The van der Waals surface area contributed by atoms with Crippen LogP contribution in [0.2, 0.25) is 0 Å². The molecule has 6 nitrogen and oxygen atoms in total. The summed E-state index contributed by atoms with van der Waals surface area (Å²) in [6.07, 6.45) is 0. The predicted molar refractivity (Wildman–Crippen MR) is 124 cm³/mol. The van der Waals surface area contributed by atoms with Crippen molar-refractivity contribution in [1.29, 1.82) is 0 Å². The topological polar surface area (TPSA) is 51.2 Å². The summed E-state index contributed by atoms with van der Waals surface area (Å²) in [7, 11) is 3.53. The minimum atomic E-state index is 0. The second kappa shape index (κ2) is 11.4. The summed E-state index contributed by atoms with van der Waals surface area (Å²) < 4.78 is 0. The van der Waals surface area contributed by atoms with E-state index in [1.807, 2.05) is 0 Å². The largest absolute Gasteiger partial charge is 0.368 e. The number of benzene rings is 1. The Morgan fingerprint density at radius 1 is 1.22 bits per heavy atom. The summed E-state index contributed by atoms with van der Waals surface area (Å²) in [5.41, 5.74) is 2.56. The van der Waals surface area contributed by atoms with Gasteiger partial charge in [0.25, 0.3) is 0 Å². The molecule has 1 aliphatic heterocycles. The van der Waals surface area contributed by atoms with Gasteiger partial charge in [0.1, 0.15) is 6.54 Å². The van der Waals surface area contributed by atoms with Crippen LogP contribution >= 0.6 is 24.0 Å². The summed E-state index contributed by atoms with van der Waals surface area (Å²) in [5.74, 6) is 1.39. The summed E-state index contributed by atoms with van der Waals surface area (Å²) >= 11 is 0. The number of anilines is 1. The molecule has 1 amide bonds. The van der Waals surface area contributed by atoms with Gasteiger partial charge in [-0.25, -0.2) is 4.99 Å². The number of nitrogens with one attached hydrogen (secondary N) is 1. The normalized spacial score (nSPS) is 14.8. The quantitative estimate of drug-likeness (QED) is 0.394. The first-order valence-electron chi connectivity index (χ1n) is 9.42. The molecule has 1 aromatic carbocycles. The maximum absolute atomic E-state index is 11.9.